The Morgan fingerprint density at radius 3 is 2.59 bits per heavy atom. The van der Waals surface area contributed by atoms with E-state index in [0.717, 1.165) is 25.1 Å². The first kappa shape index (κ1) is 28.5. The zero-order valence-corrected chi connectivity index (χ0v) is 22.2. The standard InChI is InChI=1S/C25H28F4N8O4/c1-24(40,25(27,28)29)23(39)36-10-16(26)17(11-36)34-21(38)15-6-13(8-31-22(15)41-2)18-7-14(9-35-4-3-5-35)19-20(30)32-12-33-37(18)19/h6-8,12,16-17,40H,3-5,9-11H2,1-2H3,(H,34,38)(H2,30,32,33)/t16-,17+,24?/m0/s1. The number of hydrogen-bond donors (Lipinski definition) is 3. The minimum atomic E-state index is -5.26. The lowest BCUT2D eigenvalue weighted by Gasteiger charge is -2.30. The fourth-order valence-corrected chi connectivity index (χ4v) is 4.91. The van der Waals surface area contributed by atoms with Gasteiger partial charge in [-0.1, -0.05) is 0 Å². The van der Waals surface area contributed by atoms with Crippen LogP contribution in [0, 0.1) is 0 Å². The van der Waals surface area contributed by atoms with Crippen LogP contribution in [0.4, 0.5) is 23.4 Å². The molecule has 41 heavy (non-hydrogen) atoms. The number of pyridine rings is 1. The Morgan fingerprint density at radius 2 is 1.95 bits per heavy atom. The predicted molar refractivity (Wildman–Crippen MR) is 136 cm³/mol. The van der Waals surface area contributed by atoms with E-state index in [1.54, 1.807) is 4.52 Å². The van der Waals surface area contributed by atoms with E-state index in [2.05, 4.69) is 25.3 Å². The van der Waals surface area contributed by atoms with Gasteiger partial charge in [-0.2, -0.15) is 18.3 Å². The molecule has 0 aliphatic carbocycles. The normalized spacial score (nSPS) is 21.0. The number of amides is 2. The van der Waals surface area contributed by atoms with Gasteiger partial charge in [0.2, 0.25) is 11.5 Å². The summed E-state index contributed by atoms with van der Waals surface area (Å²) in [5.41, 5.74) is 4.90. The molecule has 16 heteroatoms. The summed E-state index contributed by atoms with van der Waals surface area (Å²) in [6.07, 6.45) is -3.28. The Balaban J connectivity index is 1.41. The minimum Gasteiger partial charge on any atom is -0.480 e. The third kappa shape index (κ3) is 5.12. The topological polar surface area (TPSA) is 151 Å². The van der Waals surface area contributed by atoms with Gasteiger partial charge < -0.3 is 25.8 Å². The molecule has 12 nitrogen and oxygen atoms in total. The molecule has 3 aromatic heterocycles. The first-order chi connectivity index (χ1) is 19.3. The molecule has 220 valence electrons. The van der Waals surface area contributed by atoms with Crippen LogP contribution in [-0.4, -0.2) is 104 Å². The van der Waals surface area contributed by atoms with Gasteiger partial charge in [0.05, 0.1) is 25.4 Å². The molecule has 0 spiro atoms. The summed E-state index contributed by atoms with van der Waals surface area (Å²) < 4.78 is 61.0. The molecule has 4 N–H and O–H groups in total. The number of methoxy groups -OCH3 is 1. The van der Waals surface area contributed by atoms with Crippen LogP contribution in [0.2, 0.25) is 0 Å². The first-order valence-electron chi connectivity index (χ1n) is 12.7. The Kier molecular flexibility index (Phi) is 7.23. The third-order valence-corrected chi connectivity index (χ3v) is 7.41. The van der Waals surface area contributed by atoms with Gasteiger partial charge in [0.1, 0.15) is 23.6 Å². The van der Waals surface area contributed by atoms with Crippen molar-refractivity contribution in [2.45, 2.75) is 43.9 Å². The molecule has 2 amide bonds. The fourth-order valence-electron chi connectivity index (χ4n) is 4.91. The van der Waals surface area contributed by atoms with Crippen LogP contribution in [-0.2, 0) is 11.3 Å². The molecule has 0 aromatic carbocycles. The molecule has 5 rings (SSSR count). The van der Waals surface area contributed by atoms with Crippen molar-refractivity contribution in [3.8, 4) is 17.1 Å². The molecule has 3 atom stereocenters. The number of carbonyl (C=O) groups excluding carboxylic acids is 2. The molecule has 0 saturated carbocycles. The number of aliphatic hydroxyl groups is 1. The summed E-state index contributed by atoms with van der Waals surface area (Å²) in [4.78, 5) is 36.7. The van der Waals surface area contributed by atoms with Gasteiger partial charge in [-0.15, -0.1) is 0 Å². The number of halogens is 4. The van der Waals surface area contributed by atoms with Crippen LogP contribution in [0.3, 0.4) is 0 Å². The van der Waals surface area contributed by atoms with Gasteiger partial charge in [0.25, 0.3) is 11.8 Å². The monoisotopic (exact) mass is 580 g/mol. The summed E-state index contributed by atoms with van der Waals surface area (Å²) in [5.74, 6) is -2.33. The summed E-state index contributed by atoms with van der Waals surface area (Å²) in [6, 6.07) is 2.00. The SMILES string of the molecule is COc1ncc(-c2cc(CN3CCC3)c3c(N)ncnn23)cc1C(=O)N[C@@H]1CN(C(=O)C(C)(O)C(F)(F)F)C[C@@H]1F. The van der Waals surface area contributed by atoms with Crippen molar-refractivity contribution < 1.29 is 37.0 Å². The van der Waals surface area contributed by atoms with Gasteiger partial charge in [-0.3, -0.25) is 14.5 Å². The zero-order valence-electron chi connectivity index (χ0n) is 22.2. The Hall–Kier alpha value is -4.05. The van der Waals surface area contributed by atoms with Crippen molar-refractivity contribution in [3.63, 3.8) is 0 Å². The molecular weight excluding hydrogens is 552 g/mol. The molecule has 2 aliphatic rings. The quantitative estimate of drug-likeness (QED) is 0.350. The maximum absolute atomic E-state index is 14.8. The second kappa shape index (κ2) is 10.4. The lowest BCUT2D eigenvalue weighted by molar-refractivity contribution is -0.249. The van der Waals surface area contributed by atoms with Crippen molar-refractivity contribution in [2.24, 2.45) is 0 Å². The second-order valence-electron chi connectivity index (χ2n) is 10.2. The summed E-state index contributed by atoms with van der Waals surface area (Å²) >= 11 is 0. The largest absolute Gasteiger partial charge is 0.480 e. The number of nitrogens with one attached hydrogen (secondary N) is 1. The number of likely N-dealkylation sites (tertiary alicyclic amines) is 2. The maximum Gasteiger partial charge on any atom is 0.426 e. The number of hydrogen-bond acceptors (Lipinski definition) is 9. The van der Waals surface area contributed by atoms with Crippen LogP contribution in [0.15, 0.2) is 24.7 Å². The first-order valence-corrected chi connectivity index (χ1v) is 12.7. The average molecular weight is 581 g/mol. The molecule has 2 saturated heterocycles. The van der Waals surface area contributed by atoms with Crippen LogP contribution in [0.25, 0.3) is 16.8 Å². The fraction of sp³-hybridized carbons (Fsp3) is 0.480. The molecule has 0 radical (unpaired) electrons. The van der Waals surface area contributed by atoms with E-state index in [0.29, 0.717) is 35.1 Å². The van der Waals surface area contributed by atoms with Gasteiger partial charge in [0, 0.05) is 24.8 Å². The lowest BCUT2D eigenvalue weighted by atomic mass is 10.1. The van der Waals surface area contributed by atoms with Crippen molar-refractivity contribution >= 4 is 23.1 Å². The number of ether oxygens (including phenoxy) is 1. The van der Waals surface area contributed by atoms with Crippen molar-refractivity contribution in [2.75, 3.05) is 39.0 Å². The third-order valence-electron chi connectivity index (χ3n) is 7.41. The highest BCUT2D eigenvalue weighted by Gasteiger charge is 2.58. The van der Waals surface area contributed by atoms with Crippen molar-refractivity contribution in [3.05, 3.63) is 35.8 Å². The molecule has 1 unspecified atom stereocenters. The number of aromatic nitrogens is 4. The van der Waals surface area contributed by atoms with E-state index < -0.39 is 48.9 Å². The van der Waals surface area contributed by atoms with Crippen LogP contribution < -0.4 is 15.8 Å². The summed E-state index contributed by atoms with van der Waals surface area (Å²) in [5, 5.41) is 16.4. The molecule has 5 heterocycles. The van der Waals surface area contributed by atoms with Gasteiger partial charge in [0.15, 0.2) is 5.82 Å². The highest BCUT2D eigenvalue weighted by atomic mass is 19.4. The zero-order chi connectivity index (χ0) is 29.7. The number of nitrogens with zero attached hydrogens (tertiary/aromatic N) is 6. The van der Waals surface area contributed by atoms with E-state index in [1.807, 2.05) is 6.07 Å². The lowest BCUT2D eigenvalue weighted by Crippen LogP contribution is -2.56. The second-order valence-corrected chi connectivity index (χ2v) is 10.2. The van der Waals surface area contributed by atoms with E-state index in [-0.39, 0.29) is 17.3 Å². The number of alkyl halides is 4. The van der Waals surface area contributed by atoms with Gasteiger partial charge >= 0.3 is 6.18 Å². The number of nitrogens with two attached hydrogens (primary N) is 1. The van der Waals surface area contributed by atoms with Gasteiger partial charge in [-0.05, 0) is 44.1 Å². The average Bonchev–Trinajstić information content (AvgIpc) is 3.45. The van der Waals surface area contributed by atoms with Crippen molar-refractivity contribution in [1.29, 1.82) is 0 Å². The molecule has 2 fully saturated rings. The molecule has 0 bridgehead atoms. The van der Waals surface area contributed by atoms with E-state index >= 15 is 0 Å². The Morgan fingerprint density at radius 1 is 1.22 bits per heavy atom. The number of rotatable bonds is 7. The van der Waals surface area contributed by atoms with Gasteiger partial charge in [-0.25, -0.2) is 18.9 Å². The highest BCUT2D eigenvalue weighted by Crippen LogP contribution is 2.34. The number of carbonyl (C=O) groups is 2. The van der Waals surface area contributed by atoms with E-state index in [4.69, 9.17) is 10.5 Å². The minimum absolute atomic E-state index is 0.0782. The van der Waals surface area contributed by atoms with E-state index in [1.165, 1.54) is 25.7 Å². The predicted octanol–water partition coefficient (Wildman–Crippen LogP) is 1.18. The molecular formula is C25H28F4N8O4. The Bertz CT molecular complexity index is 1490. The van der Waals surface area contributed by atoms with Crippen LogP contribution in [0.1, 0.15) is 29.3 Å². The number of nitrogen functional groups attached to an aromatic ring is 1. The van der Waals surface area contributed by atoms with Crippen molar-refractivity contribution in [1.82, 2.24) is 34.7 Å². The maximum atomic E-state index is 14.8. The smallest absolute Gasteiger partial charge is 0.426 e. The number of anilines is 1. The molecule has 3 aromatic rings. The summed E-state index contributed by atoms with van der Waals surface area (Å²) in [7, 11) is 1.29. The number of fused-ring (bicyclic) bond motifs is 1. The van der Waals surface area contributed by atoms with Crippen LogP contribution >= 0.6 is 0 Å². The molecule has 2 aliphatic heterocycles. The Labute approximate surface area is 231 Å². The highest BCUT2D eigenvalue weighted by molar-refractivity contribution is 5.98. The summed E-state index contributed by atoms with van der Waals surface area (Å²) in [6.45, 7) is 1.50. The van der Waals surface area contributed by atoms with Crippen LogP contribution in [0.5, 0.6) is 5.88 Å². The van der Waals surface area contributed by atoms with E-state index in [9.17, 15) is 32.3 Å².